The summed E-state index contributed by atoms with van der Waals surface area (Å²) in [5.74, 6) is -0.357. The van der Waals surface area contributed by atoms with Crippen LogP contribution in [0.2, 0.25) is 0 Å². The van der Waals surface area contributed by atoms with Crippen molar-refractivity contribution in [3.05, 3.63) is 56.5 Å². The number of halogens is 1. The van der Waals surface area contributed by atoms with Gasteiger partial charge >= 0.3 is 0 Å². The number of rotatable bonds is 6. The molecule has 2 aromatic rings. The maximum Gasteiger partial charge on any atom is 0.284 e. The van der Waals surface area contributed by atoms with Crippen molar-refractivity contribution in [1.82, 2.24) is 4.31 Å². The molecule has 1 aliphatic rings. The molecule has 0 saturated carbocycles. The number of nitrogens with zero attached hydrogens (tertiary/aromatic N) is 2. The molecule has 0 radical (unpaired) electrons. The predicted octanol–water partition coefficient (Wildman–Crippen LogP) is 3.79. The summed E-state index contributed by atoms with van der Waals surface area (Å²) in [6.07, 6.45) is 2.61. The van der Waals surface area contributed by atoms with Crippen molar-refractivity contribution in [2.75, 3.05) is 25.5 Å². The van der Waals surface area contributed by atoms with Gasteiger partial charge in [-0.05, 0) is 59.1 Å². The van der Waals surface area contributed by atoms with E-state index in [9.17, 15) is 23.3 Å². The molecule has 9 nitrogen and oxygen atoms in total. The van der Waals surface area contributed by atoms with Crippen LogP contribution in [-0.4, -0.2) is 43.8 Å². The fourth-order valence-corrected chi connectivity index (χ4v) is 5.12. The topological polar surface area (TPSA) is 119 Å². The van der Waals surface area contributed by atoms with E-state index >= 15 is 0 Å². The van der Waals surface area contributed by atoms with E-state index in [0.717, 1.165) is 25.3 Å². The maximum atomic E-state index is 12.9. The first-order valence-corrected chi connectivity index (χ1v) is 11.4. The van der Waals surface area contributed by atoms with Crippen LogP contribution in [0, 0.1) is 10.1 Å². The number of sulfonamides is 1. The lowest BCUT2D eigenvalue weighted by atomic mass is 10.2. The molecule has 11 heteroatoms. The smallest absolute Gasteiger partial charge is 0.284 e. The Labute approximate surface area is 182 Å². The van der Waals surface area contributed by atoms with Gasteiger partial charge < -0.3 is 10.1 Å². The van der Waals surface area contributed by atoms with Gasteiger partial charge in [0.25, 0.3) is 11.6 Å². The second-order valence-electron chi connectivity index (χ2n) is 6.70. The minimum atomic E-state index is -3.70. The van der Waals surface area contributed by atoms with Crippen LogP contribution < -0.4 is 10.1 Å². The molecule has 30 heavy (non-hydrogen) atoms. The van der Waals surface area contributed by atoms with Gasteiger partial charge in [-0.3, -0.25) is 14.9 Å². The van der Waals surface area contributed by atoms with Crippen LogP contribution in [0.15, 0.2) is 45.8 Å². The van der Waals surface area contributed by atoms with Gasteiger partial charge in [0.2, 0.25) is 10.0 Å². The number of ether oxygens (including phenoxy) is 1. The highest BCUT2D eigenvalue weighted by Gasteiger charge is 2.27. The molecule has 0 aromatic heterocycles. The molecule has 2 aromatic carbocycles. The van der Waals surface area contributed by atoms with Crippen molar-refractivity contribution in [2.24, 2.45) is 0 Å². The number of nitro groups is 1. The number of carbonyl (C=O) groups excluding carboxylic acids is 1. The van der Waals surface area contributed by atoms with E-state index in [1.54, 1.807) is 0 Å². The Hall–Kier alpha value is -2.50. The average Bonchev–Trinajstić information content (AvgIpc) is 2.74. The monoisotopic (exact) mass is 497 g/mol. The maximum absolute atomic E-state index is 12.9. The molecule has 0 aliphatic carbocycles. The Balaban J connectivity index is 1.92. The molecule has 0 spiro atoms. The van der Waals surface area contributed by atoms with Crippen molar-refractivity contribution in [3.63, 3.8) is 0 Å². The Kier molecular flexibility index (Phi) is 6.74. The summed E-state index contributed by atoms with van der Waals surface area (Å²) in [4.78, 5) is 23.2. The summed E-state index contributed by atoms with van der Waals surface area (Å²) >= 11 is 3.07. The molecular weight excluding hydrogens is 478 g/mol. The number of hydrogen-bond acceptors (Lipinski definition) is 6. The summed E-state index contributed by atoms with van der Waals surface area (Å²) in [5.41, 5.74) is -0.0431. The lowest BCUT2D eigenvalue weighted by Gasteiger charge is -2.26. The molecule has 1 heterocycles. The first-order valence-electron chi connectivity index (χ1n) is 9.17. The second kappa shape index (κ2) is 9.11. The first-order chi connectivity index (χ1) is 14.2. The Morgan fingerprint density at radius 1 is 1.17 bits per heavy atom. The highest BCUT2D eigenvalue weighted by Crippen LogP contribution is 2.31. The number of nitro benzene ring substituents is 1. The molecule has 160 valence electrons. The van der Waals surface area contributed by atoms with Crippen molar-refractivity contribution in [1.29, 1.82) is 0 Å². The number of nitrogens with one attached hydrogen (secondary N) is 1. The predicted molar refractivity (Wildman–Crippen MR) is 114 cm³/mol. The van der Waals surface area contributed by atoms with E-state index in [0.29, 0.717) is 13.1 Å². The molecule has 1 N–H and O–H groups in total. The lowest BCUT2D eigenvalue weighted by Crippen LogP contribution is -2.35. The summed E-state index contributed by atoms with van der Waals surface area (Å²) in [7, 11) is -2.31. The zero-order valence-corrected chi connectivity index (χ0v) is 18.5. The highest BCUT2D eigenvalue weighted by atomic mass is 79.9. The fourth-order valence-electron chi connectivity index (χ4n) is 3.19. The van der Waals surface area contributed by atoms with E-state index in [4.69, 9.17) is 4.74 Å². The molecule has 3 rings (SSSR count). The molecule has 0 unspecified atom stereocenters. The third-order valence-electron chi connectivity index (χ3n) is 4.78. The van der Waals surface area contributed by atoms with Gasteiger partial charge in [-0.1, -0.05) is 6.42 Å². The quantitative estimate of drug-likeness (QED) is 0.478. The van der Waals surface area contributed by atoms with E-state index in [1.165, 1.54) is 41.7 Å². The van der Waals surface area contributed by atoms with Gasteiger partial charge in [0.15, 0.2) is 0 Å². The number of methoxy groups -OCH3 is 1. The van der Waals surface area contributed by atoms with Gasteiger partial charge in [-0.2, -0.15) is 4.31 Å². The number of piperidine rings is 1. The summed E-state index contributed by atoms with van der Waals surface area (Å²) < 4.78 is 32.8. The van der Waals surface area contributed by atoms with Gasteiger partial charge in [0.05, 0.1) is 27.1 Å². The number of amides is 1. The second-order valence-corrected chi connectivity index (χ2v) is 9.50. The van der Waals surface area contributed by atoms with Crippen molar-refractivity contribution < 1.29 is 22.9 Å². The molecular formula is C19H20BrN3O6S. The number of hydrogen-bond donors (Lipinski definition) is 1. The van der Waals surface area contributed by atoms with Gasteiger partial charge in [0, 0.05) is 24.7 Å². The molecule has 1 saturated heterocycles. The lowest BCUT2D eigenvalue weighted by molar-refractivity contribution is -0.385. The standard InChI is InChI=1S/C19H20BrN3O6S/c1-29-18-8-6-14(30(27,28)22-9-3-2-4-10-22)12-16(18)21-19(24)13-5-7-15(20)17(11-13)23(25)26/h5-8,11-12H,2-4,9-10H2,1H3,(H,21,24). The Morgan fingerprint density at radius 2 is 1.87 bits per heavy atom. The van der Waals surface area contributed by atoms with Crippen molar-refractivity contribution in [2.45, 2.75) is 24.2 Å². The number of benzene rings is 2. The van der Waals surface area contributed by atoms with Crippen LogP contribution in [0.3, 0.4) is 0 Å². The van der Waals surface area contributed by atoms with Crippen molar-refractivity contribution in [3.8, 4) is 5.75 Å². The molecule has 0 bridgehead atoms. The van der Waals surface area contributed by atoms with Crippen LogP contribution >= 0.6 is 15.9 Å². The Bertz CT molecular complexity index is 1080. The zero-order chi connectivity index (χ0) is 21.9. The van der Waals surface area contributed by atoms with Crippen LogP contribution in [0.25, 0.3) is 0 Å². The minimum absolute atomic E-state index is 0.0438. The van der Waals surface area contributed by atoms with E-state index < -0.39 is 20.9 Å². The SMILES string of the molecule is COc1ccc(S(=O)(=O)N2CCCCC2)cc1NC(=O)c1ccc(Br)c([N+](=O)[O-])c1. The van der Waals surface area contributed by atoms with E-state index in [2.05, 4.69) is 21.2 Å². The van der Waals surface area contributed by atoms with Crippen LogP contribution in [0.1, 0.15) is 29.6 Å². The Morgan fingerprint density at radius 3 is 2.50 bits per heavy atom. The largest absolute Gasteiger partial charge is 0.495 e. The van der Waals surface area contributed by atoms with Gasteiger partial charge in [0.1, 0.15) is 5.75 Å². The van der Waals surface area contributed by atoms with Crippen LogP contribution in [-0.2, 0) is 10.0 Å². The summed E-state index contributed by atoms with van der Waals surface area (Å²) in [6.45, 7) is 0.914. The van der Waals surface area contributed by atoms with Gasteiger partial charge in [-0.25, -0.2) is 8.42 Å². The van der Waals surface area contributed by atoms with E-state index in [-0.39, 0.29) is 32.1 Å². The summed E-state index contributed by atoms with van der Waals surface area (Å²) in [5, 5.41) is 13.7. The summed E-state index contributed by atoms with van der Waals surface area (Å²) in [6, 6.07) is 8.21. The van der Waals surface area contributed by atoms with Crippen LogP contribution in [0.5, 0.6) is 5.75 Å². The van der Waals surface area contributed by atoms with Crippen molar-refractivity contribution >= 4 is 43.2 Å². The minimum Gasteiger partial charge on any atom is -0.495 e. The number of carbonyl (C=O) groups is 1. The highest BCUT2D eigenvalue weighted by molar-refractivity contribution is 9.10. The molecule has 1 amide bonds. The molecule has 1 aliphatic heterocycles. The third-order valence-corrected chi connectivity index (χ3v) is 7.34. The van der Waals surface area contributed by atoms with Crippen LogP contribution in [0.4, 0.5) is 11.4 Å². The zero-order valence-electron chi connectivity index (χ0n) is 16.1. The average molecular weight is 498 g/mol. The fraction of sp³-hybridized carbons (Fsp3) is 0.316. The van der Waals surface area contributed by atoms with Gasteiger partial charge in [-0.15, -0.1) is 0 Å². The molecule has 0 atom stereocenters. The first kappa shape index (κ1) is 22.2. The van der Waals surface area contributed by atoms with E-state index in [1.807, 2.05) is 0 Å². The third kappa shape index (κ3) is 4.63. The molecule has 1 fully saturated rings. The number of anilines is 1. The normalized spacial score (nSPS) is 14.9.